The average molecular weight is 163 g/mol. The molecule has 3 nitrogen and oxygen atoms in total. The van der Waals surface area contributed by atoms with E-state index in [4.69, 9.17) is 6.42 Å². The molecule has 0 aliphatic carbocycles. The van der Waals surface area contributed by atoms with E-state index in [1.807, 2.05) is 20.0 Å². The Balaban J connectivity index is 2.48. The Morgan fingerprint density at radius 1 is 1.83 bits per heavy atom. The van der Waals surface area contributed by atoms with Crippen molar-refractivity contribution in [2.45, 2.75) is 19.5 Å². The first-order valence-electron chi connectivity index (χ1n) is 3.88. The molecule has 1 atom stereocenters. The zero-order chi connectivity index (χ0) is 8.97. The van der Waals surface area contributed by atoms with Crippen LogP contribution in [0, 0.1) is 12.3 Å². The minimum Gasteiger partial charge on any atom is -0.287 e. The highest BCUT2D eigenvalue weighted by Crippen LogP contribution is 2.01. The summed E-state index contributed by atoms with van der Waals surface area (Å²) in [5, 5.41) is 6.74. The Kier molecular flexibility index (Phi) is 2.89. The van der Waals surface area contributed by atoms with Crippen molar-refractivity contribution in [1.82, 2.24) is 15.1 Å². The molecule has 1 heterocycles. The summed E-state index contributed by atoms with van der Waals surface area (Å²) in [6, 6.07) is 2.10. The maximum Gasteiger partial charge on any atom is 0.0684 e. The molecular weight excluding hydrogens is 150 g/mol. The Hall–Kier alpha value is -1.27. The largest absolute Gasteiger partial charge is 0.287 e. The number of rotatable bonds is 3. The summed E-state index contributed by atoms with van der Waals surface area (Å²) in [6.45, 7) is 2.81. The second-order valence-corrected chi connectivity index (χ2v) is 2.84. The van der Waals surface area contributed by atoms with Gasteiger partial charge in [-0.1, -0.05) is 5.92 Å². The molecule has 1 N–H and O–H groups in total. The maximum atomic E-state index is 5.28. The summed E-state index contributed by atoms with van der Waals surface area (Å²) in [5.74, 6) is 2.67. The number of terminal acetylenes is 1. The number of nitrogens with one attached hydrogen (secondary N) is 1. The number of aromatic nitrogens is 2. The second kappa shape index (κ2) is 3.93. The van der Waals surface area contributed by atoms with Crippen LogP contribution in [0.1, 0.15) is 12.6 Å². The zero-order valence-corrected chi connectivity index (χ0v) is 7.41. The Bertz CT molecular complexity index is 258. The van der Waals surface area contributed by atoms with Crippen LogP contribution >= 0.6 is 0 Å². The summed E-state index contributed by atoms with van der Waals surface area (Å²) >= 11 is 0. The molecule has 12 heavy (non-hydrogen) atoms. The van der Waals surface area contributed by atoms with Crippen molar-refractivity contribution < 1.29 is 0 Å². The van der Waals surface area contributed by atoms with Crippen molar-refractivity contribution in [1.29, 1.82) is 0 Å². The lowest BCUT2D eigenvalue weighted by atomic mass is 10.3. The van der Waals surface area contributed by atoms with Crippen LogP contribution in [0.15, 0.2) is 12.3 Å². The van der Waals surface area contributed by atoms with Gasteiger partial charge in [-0.05, 0) is 20.0 Å². The Morgan fingerprint density at radius 3 is 3.08 bits per heavy atom. The number of hydrogen-bond donors (Lipinski definition) is 1. The van der Waals surface area contributed by atoms with Gasteiger partial charge < -0.3 is 0 Å². The van der Waals surface area contributed by atoms with Gasteiger partial charge in [-0.15, -0.1) is 6.42 Å². The maximum absolute atomic E-state index is 5.28. The van der Waals surface area contributed by atoms with Crippen molar-refractivity contribution in [3.8, 4) is 12.3 Å². The monoisotopic (exact) mass is 163 g/mol. The van der Waals surface area contributed by atoms with Crippen LogP contribution in [0.3, 0.4) is 0 Å². The van der Waals surface area contributed by atoms with E-state index in [0.717, 1.165) is 12.2 Å². The number of aromatic amines is 1. The predicted molar refractivity (Wildman–Crippen MR) is 48.3 cm³/mol. The highest BCUT2D eigenvalue weighted by Gasteiger charge is 2.06. The number of hydrogen-bond acceptors (Lipinski definition) is 2. The van der Waals surface area contributed by atoms with Gasteiger partial charge in [0.15, 0.2) is 0 Å². The van der Waals surface area contributed by atoms with Crippen LogP contribution in [-0.2, 0) is 6.54 Å². The molecule has 0 saturated carbocycles. The minimum absolute atomic E-state index is 0.160. The van der Waals surface area contributed by atoms with E-state index in [1.165, 1.54) is 0 Å². The molecule has 0 amide bonds. The molecule has 1 aromatic rings. The van der Waals surface area contributed by atoms with E-state index in [1.54, 1.807) is 6.20 Å². The van der Waals surface area contributed by atoms with E-state index in [-0.39, 0.29) is 6.04 Å². The highest BCUT2D eigenvalue weighted by molar-refractivity contribution is 5.01. The van der Waals surface area contributed by atoms with Gasteiger partial charge in [0.05, 0.1) is 6.04 Å². The first-order valence-corrected chi connectivity index (χ1v) is 3.88. The van der Waals surface area contributed by atoms with E-state index >= 15 is 0 Å². The van der Waals surface area contributed by atoms with Crippen LogP contribution in [0.25, 0.3) is 0 Å². The van der Waals surface area contributed by atoms with Crippen molar-refractivity contribution in [2.24, 2.45) is 0 Å². The van der Waals surface area contributed by atoms with Gasteiger partial charge in [-0.25, -0.2) is 0 Å². The van der Waals surface area contributed by atoms with Crippen molar-refractivity contribution in [3.05, 3.63) is 18.0 Å². The standard InChI is InChI=1S/C9H13N3/c1-4-8(2)12(3)7-9-5-6-10-11-9/h1,5-6,8H,7H2,2-3H3,(H,10,11). The smallest absolute Gasteiger partial charge is 0.0684 e. The van der Waals surface area contributed by atoms with Gasteiger partial charge in [0.2, 0.25) is 0 Å². The van der Waals surface area contributed by atoms with Crippen molar-refractivity contribution >= 4 is 0 Å². The van der Waals surface area contributed by atoms with E-state index in [9.17, 15) is 0 Å². The SMILES string of the molecule is C#CC(C)N(C)Cc1ccn[nH]1. The van der Waals surface area contributed by atoms with Crippen LogP contribution < -0.4 is 0 Å². The van der Waals surface area contributed by atoms with Crippen LogP contribution in [-0.4, -0.2) is 28.2 Å². The third-order valence-electron chi connectivity index (χ3n) is 1.88. The van der Waals surface area contributed by atoms with Crippen LogP contribution in [0.2, 0.25) is 0 Å². The van der Waals surface area contributed by atoms with E-state index in [2.05, 4.69) is 21.0 Å². The van der Waals surface area contributed by atoms with Crippen molar-refractivity contribution in [3.63, 3.8) is 0 Å². The topological polar surface area (TPSA) is 31.9 Å². The fourth-order valence-electron chi connectivity index (χ4n) is 0.906. The normalized spacial score (nSPS) is 12.8. The third-order valence-corrected chi connectivity index (χ3v) is 1.88. The minimum atomic E-state index is 0.160. The summed E-state index contributed by atoms with van der Waals surface area (Å²) in [5.41, 5.74) is 1.08. The summed E-state index contributed by atoms with van der Waals surface area (Å²) in [7, 11) is 1.99. The fraction of sp³-hybridized carbons (Fsp3) is 0.444. The van der Waals surface area contributed by atoms with Gasteiger partial charge in [0, 0.05) is 18.4 Å². The molecule has 0 aliphatic heterocycles. The quantitative estimate of drug-likeness (QED) is 0.670. The molecule has 0 radical (unpaired) electrons. The average Bonchev–Trinajstić information content (AvgIpc) is 2.55. The molecule has 1 aromatic heterocycles. The lowest BCUT2D eigenvalue weighted by Crippen LogP contribution is -2.27. The van der Waals surface area contributed by atoms with Gasteiger partial charge in [0.1, 0.15) is 0 Å². The Labute approximate surface area is 72.8 Å². The number of H-pyrrole nitrogens is 1. The first-order chi connectivity index (χ1) is 5.74. The predicted octanol–water partition coefficient (Wildman–Crippen LogP) is 0.863. The Morgan fingerprint density at radius 2 is 2.58 bits per heavy atom. The molecule has 1 rings (SSSR count). The molecule has 0 spiro atoms. The van der Waals surface area contributed by atoms with Crippen LogP contribution in [0.5, 0.6) is 0 Å². The molecule has 0 fully saturated rings. The molecule has 64 valence electrons. The van der Waals surface area contributed by atoms with E-state index < -0.39 is 0 Å². The second-order valence-electron chi connectivity index (χ2n) is 2.84. The lowest BCUT2D eigenvalue weighted by molar-refractivity contribution is 0.293. The molecule has 1 unspecified atom stereocenters. The van der Waals surface area contributed by atoms with Gasteiger partial charge >= 0.3 is 0 Å². The summed E-state index contributed by atoms with van der Waals surface area (Å²) in [6.07, 6.45) is 7.02. The highest BCUT2D eigenvalue weighted by atomic mass is 15.2. The van der Waals surface area contributed by atoms with Gasteiger partial charge in [-0.2, -0.15) is 5.10 Å². The van der Waals surface area contributed by atoms with Crippen LogP contribution in [0.4, 0.5) is 0 Å². The van der Waals surface area contributed by atoms with Crippen molar-refractivity contribution in [2.75, 3.05) is 7.05 Å². The third kappa shape index (κ3) is 2.11. The lowest BCUT2D eigenvalue weighted by Gasteiger charge is -2.18. The molecule has 0 bridgehead atoms. The molecule has 0 saturated heterocycles. The molecule has 0 aliphatic rings. The molecule has 0 aromatic carbocycles. The summed E-state index contributed by atoms with van der Waals surface area (Å²) in [4.78, 5) is 2.08. The van der Waals surface area contributed by atoms with Gasteiger partial charge in [0.25, 0.3) is 0 Å². The van der Waals surface area contributed by atoms with Gasteiger partial charge in [-0.3, -0.25) is 10.00 Å². The zero-order valence-electron chi connectivity index (χ0n) is 7.41. The molecule has 3 heteroatoms. The first kappa shape index (κ1) is 8.82. The fourth-order valence-corrected chi connectivity index (χ4v) is 0.906. The summed E-state index contributed by atoms with van der Waals surface area (Å²) < 4.78 is 0. The number of nitrogens with zero attached hydrogens (tertiary/aromatic N) is 2. The molecular formula is C9H13N3. The van der Waals surface area contributed by atoms with E-state index in [0.29, 0.717) is 0 Å².